The van der Waals surface area contributed by atoms with E-state index >= 15 is 0 Å². The third-order valence-corrected chi connectivity index (χ3v) is 6.58. The van der Waals surface area contributed by atoms with Gasteiger partial charge in [0, 0.05) is 7.92 Å². The van der Waals surface area contributed by atoms with Gasteiger partial charge in [0.15, 0.2) is 0 Å². The topological polar surface area (TPSA) is 0 Å². The molecule has 0 heterocycles. The van der Waals surface area contributed by atoms with E-state index in [1.165, 1.54) is 0 Å². The predicted octanol–water partition coefficient (Wildman–Crippen LogP) is 6.12. The van der Waals surface area contributed by atoms with Gasteiger partial charge in [0.25, 0.3) is 0 Å². The van der Waals surface area contributed by atoms with Crippen LogP contribution in [0.2, 0.25) is 0 Å². The van der Waals surface area contributed by atoms with Crippen LogP contribution in [0.25, 0.3) is 0 Å². The van der Waals surface area contributed by atoms with Crippen LogP contribution in [0.3, 0.4) is 0 Å². The van der Waals surface area contributed by atoms with E-state index in [9.17, 15) is 0 Å². The number of hydrogen-bond donors (Lipinski definition) is 0. The molecule has 0 rings (SSSR count). The summed E-state index contributed by atoms with van der Waals surface area (Å²) >= 11 is 2.22. The quantitative estimate of drug-likeness (QED) is 0.295. The van der Waals surface area contributed by atoms with Crippen molar-refractivity contribution in [3.8, 4) is 0 Å². The van der Waals surface area contributed by atoms with Gasteiger partial charge in [-0.05, 0) is 55.4 Å². The summed E-state index contributed by atoms with van der Waals surface area (Å²) in [5.41, 5.74) is 0.870. The van der Waals surface area contributed by atoms with Crippen molar-refractivity contribution in [2.75, 3.05) is 0 Å². The molecular formula is C14H33ClPPd+. The Balaban J connectivity index is -0.000000337. The first-order chi connectivity index (χ1) is 7.48. The molecule has 0 amide bonds. The standard InChI is InChI=1S/C11H25P.C3H7.ClH.Pd/c1-9(2)12(10(3,4)5)11(6,7)8;1-3-2;;/h9H,1-8H3;3H,1-2H3;1H;/q;-1;;+2. The van der Waals surface area contributed by atoms with E-state index in [4.69, 9.17) is 0 Å². The Kier molecular flexibility index (Phi) is 15.5. The average Bonchev–Trinajstić information content (AvgIpc) is 2.01. The molecule has 0 saturated carbocycles. The van der Waals surface area contributed by atoms with Crippen LogP contribution in [-0.2, 0) is 18.2 Å². The Labute approximate surface area is 127 Å². The summed E-state index contributed by atoms with van der Waals surface area (Å²) in [6.45, 7) is 23.1. The van der Waals surface area contributed by atoms with E-state index in [0.717, 1.165) is 5.66 Å². The molecule has 0 bridgehead atoms. The van der Waals surface area contributed by atoms with E-state index in [0.29, 0.717) is 10.3 Å². The SMILES string of the molecule is CC(C)[PH+](C(C)(C)C)C(C)(C)C.C[CH-]C.[Cl][Pd+]. The minimum absolute atomic E-state index is 0.293. The van der Waals surface area contributed by atoms with E-state index in [1.54, 1.807) is 0 Å². The number of halogens is 1. The Morgan fingerprint density at radius 2 is 1.06 bits per heavy atom. The molecule has 0 N–H and O–H groups in total. The Bertz CT molecular complexity index is 143. The van der Waals surface area contributed by atoms with Crippen molar-refractivity contribution in [2.24, 2.45) is 0 Å². The Morgan fingerprint density at radius 3 is 1.06 bits per heavy atom. The van der Waals surface area contributed by atoms with Gasteiger partial charge in [0.2, 0.25) is 0 Å². The predicted molar refractivity (Wildman–Crippen MR) is 84.5 cm³/mol. The van der Waals surface area contributed by atoms with Gasteiger partial charge in [-0.2, -0.15) is 13.8 Å². The number of hydrogen-bond acceptors (Lipinski definition) is 0. The van der Waals surface area contributed by atoms with Gasteiger partial charge in [0.1, 0.15) is 0 Å². The van der Waals surface area contributed by atoms with Gasteiger partial charge in [-0.3, -0.25) is 0 Å². The number of rotatable bonds is 1. The van der Waals surface area contributed by atoms with Crippen LogP contribution in [0, 0.1) is 6.42 Å². The molecule has 0 radical (unpaired) electrons. The minimum atomic E-state index is -0.293. The molecule has 0 aromatic carbocycles. The van der Waals surface area contributed by atoms with Crippen molar-refractivity contribution in [3.05, 3.63) is 6.42 Å². The second-order valence-electron chi connectivity index (χ2n) is 6.65. The van der Waals surface area contributed by atoms with Crippen molar-refractivity contribution in [3.63, 3.8) is 0 Å². The second-order valence-corrected chi connectivity index (χ2v) is 11.6. The molecule has 110 valence electrons. The van der Waals surface area contributed by atoms with Crippen molar-refractivity contribution in [1.82, 2.24) is 0 Å². The molecule has 0 aromatic heterocycles. The maximum atomic E-state index is 4.49. The van der Waals surface area contributed by atoms with Crippen molar-refractivity contribution in [2.45, 2.75) is 85.2 Å². The molecule has 0 saturated heterocycles. The average molecular weight is 374 g/mol. The molecule has 0 aliphatic rings. The van der Waals surface area contributed by atoms with Gasteiger partial charge in [0.05, 0.1) is 16.0 Å². The monoisotopic (exact) mass is 373 g/mol. The van der Waals surface area contributed by atoms with Gasteiger partial charge < -0.3 is 6.42 Å². The Morgan fingerprint density at radius 1 is 0.882 bits per heavy atom. The fourth-order valence-corrected chi connectivity index (χ4v) is 8.57. The zero-order valence-corrected chi connectivity index (χ0v) is 16.7. The van der Waals surface area contributed by atoms with Crippen LogP contribution in [0.4, 0.5) is 0 Å². The molecule has 0 fully saturated rings. The fraction of sp³-hybridized carbons (Fsp3) is 0.929. The summed E-state index contributed by atoms with van der Waals surface area (Å²) in [4.78, 5) is 0. The van der Waals surface area contributed by atoms with E-state index in [-0.39, 0.29) is 7.92 Å². The summed E-state index contributed by atoms with van der Waals surface area (Å²) in [6, 6.07) is 0. The summed E-state index contributed by atoms with van der Waals surface area (Å²) in [7, 11) is 4.20. The third-order valence-electron chi connectivity index (χ3n) is 2.19. The molecule has 0 atom stereocenters. The molecular weight excluding hydrogens is 341 g/mol. The molecule has 0 unspecified atom stereocenters. The van der Waals surface area contributed by atoms with Crippen molar-refractivity contribution < 1.29 is 18.2 Å². The third kappa shape index (κ3) is 13.6. The molecule has 0 spiro atoms. The Hall–Kier alpha value is 1.38. The van der Waals surface area contributed by atoms with Crippen LogP contribution in [0.5, 0.6) is 0 Å². The summed E-state index contributed by atoms with van der Waals surface area (Å²) in [5, 5.41) is 1.05. The first-order valence-corrected chi connectivity index (χ1v) is 9.80. The van der Waals surface area contributed by atoms with Crippen molar-refractivity contribution in [1.29, 1.82) is 0 Å². The maximum absolute atomic E-state index is 4.49. The molecule has 17 heavy (non-hydrogen) atoms. The molecule has 0 aromatic rings. The van der Waals surface area contributed by atoms with E-state index in [1.807, 2.05) is 20.3 Å². The molecule has 0 aliphatic carbocycles. The van der Waals surface area contributed by atoms with Gasteiger partial charge in [-0.25, -0.2) is 0 Å². The van der Waals surface area contributed by atoms with Gasteiger partial charge in [-0.15, -0.1) is 0 Å². The van der Waals surface area contributed by atoms with Crippen LogP contribution < -0.4 is 0 Å². The van der Waals surface area contributed by atoms with Crippen molar-refractivity contribution >= 4 is 17.5 Å². The first-order valence-electron chi connectivity index (χ1n) is 6.22. The van der Waals surface area contributed by atoms with Crippen LogP contribution in [0.15, 0.2) is 0 Å². The normalized spacial score (nSPS) is 11.7. The first kappa shape index (κ1) is 23.5. The zero-order chi connectivity index (χ0) is 14.9. The molecule has 0 nitrogen and oxygen atoms in total. The zero-order valence-electron chi connectivity index (χ0n) is 13.3. The van der Waals surface area contributed by atoms with Crippen LogP contribution >= 0.6 is 17.5 Å². The van der Waals surface area contributed by atoms with E-state index in [2.05, 4.69) is 83.1 Å². The fourth-order valence-electron chi connectivity index (χ4n) is 2.86. The van der Waals surface area contributed by atoms with Gasteiger partial charge in [-0.1, -0.05) is 0 Å². The molecule has 3 heteroatoms. The second kappa shape index (κ2) is 11.2. The van der Waals surface area contributed by atoms with Crippen LogP contribution in [-0.4, -0.2) is 16.0 Å². The van der Waals surface area contributed by atoms with Gasteiger partial charge >= 0.3 is 27.7 Å². The summed E-state index contributed by atoms with van der Waals surface area (Å²) in [6.07, 6.45) is 2.00. The summed E-state index contributed by atoms with van der Waals surface area (Å²) in [5.74, 6) is 0. The van der Waals surface area contributed by atoms with E-state index < -0.39 is 0 Å². The summed E-state index contributed by atoms with van der Waals surface area (Å²) < 4.78 is 0. The van der Waals surface area contributed by atoms with Crippen LogP contribution in [0.1, 0.15) is 69.2 Å². The molecule has 0 aliphatic heterocycles.